The molecule has 1 aromatic carbocycles. The van der Waals surface area contributed by atoms with Gasteiger partial charge < -0.3 is 13.9 Å². The molecule has 4 bridgehead atoms. The molecule has 0 aliphatic heterocycles. The molecular formula is C25H38O5Si. The van der Waals surface area contributed by atoms with Crippen LogP contribution in [0.25, 0.3) is 0 Å². The zero-order chi connectivity index (χ0) is 22.9. The predicted molar refractivity (Wildman–Crippen MR) is 125 cm³/mol. The average Bonchev–Trinajstić information content (AvgIpc) is 2.69. The van der Waals surface area contributed by atoms with Crippen LogP contribution in [-0.2, 0) is 14.9 Å². The van der Waals surface area contributed by atoms with E-state index >= 15 is 0 Å². The van der Waals surface area contributed by atoms with Gasteiger partial charge in [0, 0.05) is 17.4 Å². The van der Waals surface area contributed by atoms with Gasteiger partial charge in [-0.2, -0.15) is 0 Å². The van der Waals surface area contributed by atoms with E-state index in [9.17, 15) is 9.59 Å². The Balaban J connectivity index is 0.000000204. The number of methoxy groups -OCH3 is 2. The van der Waals surface area contributed by atoms with Gasteiger partial charge in [-0.15, -0.1) is 0 Å². The number of hydrogen-bond acceptors (Lipinski definition) is 5. The minimum atomic E-state index is -1.37. The lowest BCUT2D eigenvalue weighted by atomic mass is 9.56. The van der Waals surface area contributed by atoms with Crippen molar-refractivity contribution in [2.24, 2.45) is 23.7 Å². The molecule has 0 radical (unpaired) electrons. The molecule has 4 fully saturated rings. The third-order valence-corrected chi connectivity index (χ3v) is 7.50. The first-order valence-electron chi connectivity index (χ1n) is 11.5. The molecule has 172 valence electrons. The van der Waals surface area contributed by atoms with Crippen LogP contribution in [-0.4, -0.2) is 35.0 Å². The van der Waals surface area contributed by atoms with Gasteiger partial charge in [-0.25, -0.2) is 4.79 Å². The van der Waals surface area contributed by atoms with Crippen molar-refractivity contribution >= 4 is 20.8 Å². The molecule has 4 aliphatic carbocycles. The van der Waals surface area contributed by atoms with Gasteiger partial charge in [0.05, 0.1) is 14.2 Å². The fraction of sp³-hybridized carbons (Fsp3) is 0.680. The lowest BCUT2D eigenvalue weighted by Gasteiger charge is -2.48. The van der Waals surface area contributed by atoms with Gasteiger partial charge in [-0.1, -0.05) is 20.8 Å². The number of ether oxygens (including phenoxy) is 2. The molecule has 31 heavy (non-hydrogen) atoms. The number of rotatable bonds is 4. The van der Waals surface area contributed by atoms with Crippen LogP contribution in [0.5, 0.6) is 11.5 Å². The summed E-state index contributed by atoms with van der Waals surface area (Å²) in [5.41, 5.74) is 1.16. The Morgan fingerprint density at radius 1 is 0.968 bits per heavy atom. The molecule has 0 N–H and O–H groups in total. The quantitative estimate of drug-likeness (QED) is 0.473. The van der Waals surface area contributed by atoms with Crippen molar-refractivity contribution in [3.8, 4) is 11.5 Å². The first-order valence-corrected chi connectivity index (χ1v) is 14.3. The SMILES string of the molecule is COC(=O)c1ccc(OC)c(C(C)(C)C)c1O[SiH](C)C.O=C1C2CC3CC(C2)CC1C3. The van der Waals surface area contributed by atoms with Crippen LogP contribution < -0.4 is 9.16 Å². The van der Waals surface area contributed by atoms with Crippen LogP contribution in [0.2, 0.25) is 13.1 Å². The molecule has 4 aliphatic rings. The summed E-state index contributed by atoms with van der Waals surface area (Å²) in [5, 5.41) is 0. The standard InChI is InChI=1S/C15H24O4Si.C10H14O/c1-15(2,3)12-11(17-4)9-8-10(14(16)18-5)13(12)19-20(6)7;11-10-8-2-6-1-7(4-8)5-9(10)3-6/h8-9,20H,1-7H3;6-9H,1-5H2. The van der Waals surface area contributed by atoms with Crippen LogP contribution in [0.4, 0.5) is 0 Å². The maximum atomic E-state index is 12.0. The number of ketones is 1. The van der Waals surface area contributed by atoms with Gasteiger partial charge in [0.2, 0.25) is 9.04 Å². The van der Waals surface area contributed by atoms with E-state index in [1.807, 2.05) is 0 Å². The molecule has 4 saturated carbocycles. The summed E-state index contributed by atoms with van der Waals surface area (Å²) in [6.07, 6.45) is 6.41. The van der Waals surface area contributed by atoms with Crippen molar-refractivity contribution in [2.45, 2.75) is 71.4 Å². The molecule has 0 heterocycles. The van der Waals surface area contributed by atoms with Crippen LogP contribution in [0, 0.1) is 23.7 Å². The summed E-state index contributed by atoms with van der Waals surface area (Å²) < 4.78 is 16.3. The van der Waals surface area contributed by atoms with Gasteiger partial charge in [-0.3, -0.25) is 4.79 Å². The minimum absolute atomic E-state index is 0.200. The Hall–Kier alpha value is -1.82. The molecule has 0 saturated heterocycles. The smallest absolute Gasteiger partial charge is 0.341 e. The molecule has 0 unspecified atom stereocenters. The van der Waals surface area contributed by atoms with Crippen molar-refractivity contribution < 1.29 is 23.5 Å². The normalized spacial score (nSPS) is 26.4. The average molecular weight is 447 g/mol. The third-order valence-electron chi connectivity index (χ3n) is 6.79. The van der Waals surface area contributed by atoms with Gasteiger partial charge >= 0.3 is 5.97 Å². The van der Waals surface area contributed by atoms with Crippen molar-refractivity contribution in [2.75, 3.05) is 14.2 Å². The van der Waals surface area contributed by atoms with Crippen molar-refractivity contribution in [1.82, 2.24) is 0 Å². The topological polar surface area (TPSA) is 61.8 Å². The summed E-state index contributed by atoms with van der Waals surface area (Å²) in [7, 11) is 1.63. The molecular weight excluding hydrogens is 408 g/mol. The van der Waals surface area contributed by atoms with Gasteiger partial charge in [0.1, 0.15) is 22.8 Å². The van der Waals surface area contributed by atoms with Gasteiger partial charge in [-0.05, 0) is 74.6 Å². The van der Waals surface area contributed by atoms with E-state index in [1.165, 1.54) is 39.2 Å². The maximum absolute atomic E-state index is 12.0. The highest BCUT2D eigenvalue weighted by Gasteiger charge is 2.47. The largest absolute Gasteiger partial charge is 0.546 e. The summed E-state index contributed by atoms with van der Waals surface area (Å²) in [6, 6.07) is 3.49. The van der Waals surface area contributed by atoms with Crippen LogP contribution >= 0.6 is 0 Å². The van der Waals surface area contributed by atoms with E-state index in [2.05, 4.69) is 33.9 Å². The zero-order valence-corrected chi connectivity index (χ0v) is 21.3. The molecule has 0 spiro atoms. The van der Waals surface area contributed by atoms with E-state index in [1.54, 1.807) is 19.2 Å². The predicted octanol–water partition coefficient (Wildman–Crippen LogP) is 5.15. The van der Waals surface area contributed by atoms with E-state index in [4.69, 9.17) is 13.9 Å². The fourth-order valence-electron chi connectivity index (χ4n) is 5.72. The van der Waals surface area contributed by atoms with E-state index in [0.717, 1.165) is 23.1 Å². The van der Waals surface area contributed by atoms with Crippen LogP contribution in [0.1, 0.15) is 68.8 Å². The summed E-state index contributed by atoms with van der Waals surface area (Å²) in [6.45, 7) is 10.3. The maximum Gasteiger partial charge on any atom is 0.341 e. The third kappa shape index (κ3) is 5.16. The van der Waals surface area contributed by atoms with Crippen LogP contribution in [0.3, 0.4) is 0 Å². The number of carbonyl (C=O) groups is 2. The highest BCUT2D eigenvalue weighted by atomic mass is 28.3. The number of carbonyl (C=O) groups excluding carboxylic acids is 2. The molecule has 0 amide bonds. The van der Waals surface area contributed by atoms with E-state index in [0.29, 0.717) is 28.9 Å². The molecule has 0 atom stereocenters. The molecule has 5 rings (SSSR count). The number of Topliss-reactive ketones (excluding diaryl/α,β-unsaturated/α-hetero) is 1. The highest BCUT2D eigenvalue weighted by Crippen LogP contribution is 2.51. The Kier molecular flexibility index (Phi) is 7.19. The zero-order valence-electron chi connectivity index (χ0n) is 20.1. The lowest BCUT2D eigenvalue weighted by molar-refractivity contribution is -0.139. The number of benzene rings is 1. The van der Waals surface area contributed by atoms with Gasteiger partial charge in [0.15, 0.2) is 0 Å². The molecule has 1 aromatic rings. The number of esters is 1. The summed E-state index contributed by atoms with van der Waals surface area (Å²) in [4.78, 5) is 23.5. The number of hydrogen-bond donors (Lipinski definition) is 0. The highest BCUT2D eigenvalue weighted by molar-refractivity contribution is 6.49. The first kappa shape index (κ1) is 23.8. The second-order valence-electron chi connectivity index (χ2n) is 10.6. The minimum Gasteiger partial charge on any atom is -0.546 e. The lowest BCUT2D eigenvalue weighted by Crippen LogP contribution is -2.45. The fourth-order valence-corrected chi connectivity index (χ4v) is 6.44. The first-order chi connectivity index (χ1) is 14.5. The van der Waals surface area contributed by atoms with Crippen molar-refractivity contribution in [1.29, 1.82) is 0 Å². The Morgan fingerprint density at radius 3 is 1.94 bits per heavy atom. The summed E-state index contributed by atoms with van der Waals surface area (Å²) >= 11 is 0. The van der Waals surface area contributed by atoms with Gasteiger partial charge in [0.25, 0.3) is 0 Å². The second-order valence-corrected chi connectivity index (χ2v) is 13.0. The molecule has 5 nitrogen and oxygen atoms in total. The Labute approximate surface area is 188 Å². The Morgan fingerprint density at radius 2 is 1.52 bits per heavy atom. The van der Waals surface area contributed by atoms with E-state index in [-0.39, 0.29) is 11.4 Å². The molecule has 0 aromatic heterocycles. The van der Waals surface area contributed by atoms with E-state index < -0.39 is 9.04 Å². The van der Waals surface area contributed by atoms with Crippen molar-refractivity contribution in [3.05, 3.63) is 23.3 Å². The van der Waals surface area contributed by atoms with Crippen LogP contribution in [0.15, 0.2) is 12.1 Å². The Bertz CT molecular complexity index is 794. The van der Waals surface area contributed by atoms with Crippen molar-refractivity contribution in [3.63, 3.8) is 0 Å². The monoisotopic (exact) mass is 446 g/mol. The molecule has 6 heteroatoms. The second kappa shape index (κ2) is 9.35. The summed E-state index contributed by atoms with van der Waals surface area (Å²) in [5.74, 6) is 4.46.